The van der Waals surface area contributed by atoms with Gasteiger partial charge >= 0.3 is 5.97 Å². The van der Waals surface area contributed by atoms with E-state index >= 15 is 0 Å². The smallest absolute Gasteiger partial charge is 0.311 e. The summed E-state index contributed by atoms with van der Waals surface area (Å²) < 4.78 is 21.4. The van der Waals surface area contributed by atoms with E-state index in [1.807, 2.05) is 13.0 Å². The molecule has 180 valence electrons. The van der Waals surface area contributed by atoms with Crippen LogP contribution in [0.1, 0.15) is 38.2 Å². The number of amides is 1. The van der Waals surface area contributed by atoms with Gasteiger partial charge in [0, 0.05) is 13.0 Å². The second-order valence-electron chi connectivity index (χ2n) is 7.29. The molecule has 0 unspecified atom stereocenters. The number of carbonyl (C=O) groups is 2. The number of rotatable bonds is 13. The highest BCUT2D eigenvalue weighted by atomic mass is 16.6. The van der Waals surface area contributed by atoms with Gasteiger partial charge in [-0.2, -0.15) is 5.26 Å². The summed E-state index contributed by atoms with van der Waals surface area (Å²) in [5.41, 5.74) is 0.562. The predicted octanol–water partition coefficient (Wildman–Crippen LogP) is 4.29. The Morgan fingerprint density at radius 1 is 1.00 bits per heavy atom. The molecule has 0 aromatic heterocycles. The van der Waals surface area contributed by atoms with Crippen molar-refractivity contribution in [3.8, 4) is 29.1 Å². The average Bonchev–Trinajstić information content (AvgIpc) is 2.86. The lowest BCUT2D eigenvalue weighted by atomic mass is 10.1. The lowest BCUT2D eigenvalue weighted by Gasteiger charge is -2.11. The van der Waals surface area contributed by atoms with E-state index in [9.17, 15) is 14.9 Å². The summed E-state index contributed by atoms with van der Waals surface area (Å²) in [7, 11) is 3.05. The lowest BCUT2D eigenvalue weighted by molar-refractivity contribution is -0.134. The number of nitriles is 1. The summed E-state index contributed by atoms with van der Waals surface area (Å²) in [6.07, 6.45) is 3.89. The summed E-state index contributed by atoms with van der Waals surface area (Å²) in [5.74, 6) is 1.16. The third-order valence-corrected chi connectivity index (χ3v) is 4.76. The van der Waals surface area contributed by atoms with Gasteiger partial charge in [0.25, 0.3) is 5.91 Å². The van der Waals surface area contributed by atoms with Crippen LogP contribution in [0.25, 0.3) is 6.08 Å². The van der Waals surface area contributed by atoms with E-state index in [1.54, 1.807) is 49.6 Å². The summed E-state index contributed by atoms with van der Waals surface area (Å²) in [5, 5.41) is 12.0. The molecule has 0 fully saturated rings. The van der Waals surface area contributed by atoms with Crippen molar-refractivity contribution in [3.05, 3.63) is 53.6 Å². The number of carbonyl (C=O) groups excluding carboxylic acids is 2. The van der Waals surface area contributed by atoms with E-state index in [0.717, 1.165) is 18.6 Å². The molecule has 0 spiro atoms. The molecule has 0 aliphatic rings. The Morgan fingerprint density at radius 3 is 2.38 bits per heavy atom. The molecular weight excluding hydrogens is 436 g/mol. The highest BCUT2D eigenvalue weighted by Gasteiger charge is 2.13. The maximum Gasteiger partial charge on any atom is 0.311 e. The zero-order valence-electron chi connectivity index (χ0n) is 19.8. The first-order valence-electron chi connectivity index (χ1n) is 11.1. The van der Waals surface area contributed by atoms with Crippen LogP contribution in [-0.4, -0.2) is 39.2 Å². The van der Waals surface area contributed by atoms with Crippen LogP contribution in [-0.2, 0) is 9.59 Å². The Balaban J connectivity index is 1.90. The summed E-state index contributed by atoms with van der Waals surface area (Å²) >= 11 is 0. The SMILES string of the molecule is CCCCNC(=O)/C(C#N)=C/c1ccc(OC(=O)CCCOc2ccc(OC)cc2)c(OC)c1. The van der Waals surface area contributed by atoms with Crippen LogP contribution in [0.15, 0.2) is 48.0 Å². The minimum absolute atomic E-state index is 0.0141. The number of benzene rings is 2. The van der Waals surface area contributed by atoms with E-state index in [0.29, 0.717) is 36.6 Å². The van der Waals surface area contributed by atoms with Crippen LogP contribution < -0.4 is 24.3 Å². The summed E-state index contributed by atoms with van der Waals surface area (Å²) in [4.78, 5) is 24.4. The van der Waals surface area contributed by atoms with Crippen molar-refractivity contribution in [3.63, 3.8) is 0 Å². The quantitative estimate of drug-likeness (QED) is 0.154. The molecular formula is C26H30N2O6. The first kappa shape index (κ1) is 26.3. The molecule has 0 aliphatic carbocycles. The largest absolute Gasteiger partial charge is 0.497 e. The third kappa shape index (κ3) is 8.51. The molecule has 2 aromatic rings. The van der Waals surface area contributed by atoms with Crippen molar-refractivity contribution in [1.29, 1.82) is 5.26 Å². The van der Waals surface area contributed by atoms with Crippen molar-refractivity contribution in [2.24, 2.45) is 0 Å². The maximum absolute atomic E-state index is 12.2. The fourth-order valence-electron chi connectivity index (χ4n) is 2.90. The molecule has 8 heteroatoms. The number of methoxy groups -OCH3 is 2. The van der Waals surface area contributed by atoms with E-state index < -0.39 is 11.9 Å². The van der Waals surface area contributed by atoms with Gasteiger partial charge in [0.05, 0.1) is 20.8 Å². The molecule has 1 N–H and O–H groups in total. The lowest BCUT2D eigenvalue weighted by Crippen LogP contribution is -2.25. The Bertz CT molecular complexity index is 1020. The first-order chi connectivity index (χ1) is 16.5. The highest BCUT2D eigenvalue weighted by Crippen LogP contribution is 2.29. The molecule has 2 rings (SSSR count). The molecule has 0 radical (unpaired) electrons. The zero-order valence-corrected chi connectivity index (χ0v) is 19.8. The molecule has 8 nitrogen and oxygen atoms in total. The van der Waals surface area contributed by atoms with Crippen LogP contribution in [0.4, 0.5) is 0 Å². The topological polar surface area (TPSA) is 107 Å². The van der Waals surface area contributed by atoms with Crippen LogP contribution in [0.2, 0.25) is 0 Å². The fraction of sp³-hybridized carbons (Fsp3) is 0.346. The van der Waals surface area contributed by atoms with Gasteiger partial charge in [-0.15, -0.1) is 0 Å². The Morgan fingerprint density at radius 2 is 1.74 bits per heavy atom. The second kappa shape index (κ2) is 14.2. The second-order valence-corrected chi connectivity index (χ2v) is 7.29. The number of ether oxygens (including phenoxy) is 4. The molecule has 34 heavy (non-hydrogen) atoms. The van der Waals surface area contributed by atoms with Crippen molar-refractivity contribution < 1.29 is 28.5 Å². The van der Waals surface area contributed by atoms with Crippen LogP contribution in [0, 0.1) is 11.3 Å². The van der Waals surface area contributed by atoms with Gasteiger partial charge in [-0.3, -0.25) is 9.59 Å². The molecule has 0 saturated heterocycles. The van der Waals surface area contributed by atoms with E-state index in [-0.39, 0.29) is 17.7 Å². The van der Waals surface area contributed by atoms with E-state index in [4.69, 9.17) is 18.9 Å². The number of unbranched alkanes of at least 4 members (excludes halogenated alkanes) is 1. The van der Waals surface area contributed by atoms with Gasteiger partial charge in [0.15, 0.2) is 11.5 Å². The standard InChI is InChI=1S/C26H30N2O6/c1-4-5-14-28-26(30)20(18-27)16-19-8-13-23(24(17-19)32-3)34-25(29)7-6-15-33-22-11-9-21(31-2)10-12-22/h8-13,16-17H,4-7,14-15H2,1-3H3,(H,28,30)/b20-16+. The highest BCUT2D eigenvalue weighted by molar-refractivity contribution is 6.01. The van der Waals surface area contributed by atoms with Crippen molar-refractivity contribution >= 4 is 18.0 Å². The maximum atomic E-state index is 12.2. The minimum Gasteiger partial charge on any atom is -0.497 e. The van der Waals surface area contributed by atoms with Crippen molar-refractivity contribution in [2.45, 2.75) is 32.6 Å². The number of hydrogen-bond donors (Lipinski definition) is 1. The number of nitrogens with zero attached hydrogens (tertiary/aromatic N) is 1. The predicted molar refractivity (Wildman–Crippen MR) is 128 cm³/mol. The fourth-order valence-corrected chi connectivity index (χ4v) is 2.90. The van der Waals surface area contributed by atoms with Gasteiger partial charge in [-0.05, 0) is 60.9 Å². The number of esters is 1. The molecule has 1 amide bonds. The molecule has 0 aliphatic heterocycles. The number of nitrogens with one attached hydrogen (secondary N) is 1. The third-order valence-electron chi connectivity index (χ3n) is 4.76. The van der Waals surface area contributed by atoms with Gasteiger partial charge in [-0.25, -0.2) is 0 Å². The first-order valence-corrected chi connectivity index (χ1v) is 11.1. The monoisotopic (exact) mass is 466 g/mol. The molecule has 0 atom stereocenters. The van der Waals surface area contributed by atoms with Crippen LogP contribution in [0.3, 0.4) is 0 Å². The van der Waals surface area contributed by atoms with Gasteiger partial charge < -0.3 is 24.3 Å². The Hall–Kier alpha value is -3.99. The zero-order chi connectivity index (χ0) is 24.8. The minimum atomic E-state index is -0.428. The van der Waals surface area contributed by atoms with Gasteiger partial charge in [-0.1, -0.05) is 19.4 Å². The molecule has 0 bridgehead atoms. The molecule has 0 heterocycles. The Kier molecular flexibility index (Phi) is 11.0. The van der Waals surface area contributed by atoms with E-state index in [2.05, 4.69) is 5.32 Å². The van der Waals surface area contributed by atoms with Gasteiger partial charge in [0.2, 0.25) is 0 Å². The van der Waals surface area contributed by atoms with Crippen LogP contribution in [0.5, 0.6) is 23.0 Å². The average molecular weight is 467 g/mol. The van der Waals surface area contributed by atoms with E-state index in [1.165, 1.54) is 13.2 Å². The van der Waals surface area contributed by atoms with Gasteiger partial charge in [0.1, 0.15) is 23.1 Å². The Labute approximate surface area is 200 Å². The number of hydrogen-bond acceptors (Lipinski definition) is 7. The molecule has 0 saturated carbocycles. The summed E-state index contributed by atoms with van der Waals surface area (Å²) in [6, 6.07) is 13.9. The van der Waals surface area contributed by atoms with Crippen molar-refractivity contribution in [2.75, 3.05) is 27.4 Å². The summed E-state index contributed by atoms with van der Waals surface area (Å²) in [6.45, 7) is 2.89. The molecule has 2 aromatic carbocycles. The normalized spacial score (nSPS) is 10.7. The van der Waals surface area contributed by atoms with Crippen LogP contribution >= 0.6 is 0 Å². The van der Waals surface area contributed by atoms with Crippen molar-refractivity contribution in [1.82, 2.24) is 5.32 Å².